The smallest absolute Gasteiger partial charge is 0.409 e. The zero-order valence-electron chi connectivity index (χ0n) is 14.0. The van der Waals surface area contributed by atoms with E-state index in [4.69, 9.17) is 4.74 Å². The SMILES string of the molecule is CCOC(=O)N1CCN(S(=O)(=O)c2cn(C(C)C)nc2C)CC1. The van der Waals surface area contributed by atoms with E-state index in [1.807, 2.05) is 13.8 Å². The van der Waals surface area contributed by atoms with Crippen molar-refractivity contribution >= 4 is 16.1 Å². The largest absolute Gasteiger partial charge is 0.450 e. The highest BCUT2D eigenvalue weighted by Crippen LogP contribution is 2.22. The lowest BCUT2D eigenvalue weighted by Crippen LogP contribution is -2.50. The quantitative estimate of drug-likeness (QED) is 0.820. The summed E-state index contributed by atoms with van der Waals surface area (Å²) in [4.78, 5) is 13.4. The molecule has 130 valence electrons. The van der Waals surface area contributed by atoms with Crippen LogP contribution in [0.3, 0.4) is 0 Å². The molecule has 0 aliphatic carbocycles. The highest BCUT2D eigenvalue weighted by atomic mass is 32.2. The van der Waals surface area contributed by atoms with E-state index in [1.165, 1.54) is 9.21 Å². The van der Waals surface area contributed by atoms with Gasteiger partial charge in [-0.15, -0.1) is 0 Å². The molecule has 1 aromatic rings. The molecule has 8 nitrogen and oxygen atoms in total. The lowest BCUT2D eigenvalue weighted by atomic mass is 10.4. The number of aryl methyl sites for hydroxylation is 1. The van der Waals surface area contributed by atoms with Crippen LogP contribution in [0.1, 0.15) is 32.5 Å². The van der Waals surface area contributed by atoms with Gasteiger partial charge in [-0.1, -0.05) is 0 Å². The van der Waals surface area contributed by atoms with Crippen LogP contribution < -0.4 is 0 Å². The number of rotatable bonds is 4. The van der Waals surface area contributed by atoms with Crippen molar-refractivity contribution in [3.05, 3.63) is 11.9 Å². The molecule has 1 amide bonds. The van der Waals surface area contributed by atoms with E-state index in [0.717, 1.165) is 0 Å². The molecule has 0 bridgehead atoms. The van der Waals surface area contributed by atoms with Gasteiger partial charge in [0.05, 0.1) is 12.3 Å². The Morgan fingerprint density at radius 1 is 1.30 bits per heavy atom. The maximum absolute atomic E-state index is 12.8. The van der Waals surface area contributed by atoms with E-state index in [1.54, 1.807) is 24.7 Å². The van der Waals surface area contributed by atoms with E-state index in [9.17, 15) is 13.2 Å². The Hall–Kier alpha value is -1.61. The predicted octanol–water partition coefficient (Wildman–Crippen LogP) is 1.24. The number of ether oxygens (including phenoxy) is 1. The van der Waals surface area contributed by atoms with Crippen molar-refractivity contribution in [2.45, 2.75) is 38.6 Å². The van der Waals surface area contributed by atoms with E-state index in [2.05, 4.69) is 5.10 Å². The minimum atomic E-state index is -3.60. The van der Waals surface area contributed by atoms with E-state index in [-0.39, 0.29) is 24.0 Å². The maximum Gasteiger partial charge on any atom is 0.409 e. The normalized spacial score (nSPS) is 16.8. The second-order valence-corrected chi connectivity index (χ2v) is 7.65. The first-order valence-corrected chi connectivity index (χ1v) is 9.19. The van der Waals surface area contributed by atoms with Crippen LogP contribution in [0, 0.1) is 6.92 Å². The molecule has 0 radical (unpaired) electrons. The molecule has 1 aliphatic heterocycles. The molecule has 23 heavy (non-hydrogen) atoms. The number of carbonyl (C=O) groups is 1. The zero-order chi connectivity index (χ0) is 17.2. The number of hydrogen-bond acceptors (Lipinski definition) is 5. The summed E-state index contributed by atoms with van der Waals surface area (Å²) in [5.74, 6) is 0. The molecule has 0 saturated carbocycles. The van der Waals surface area contributed by atoms with Gasteiger partial charge in [0.15, 0.2) is 0 Å². The fourth-order valence-electron chi connectivity index (χ4n) is 2.45. The van der Waals surface area contributed by atoms with Gasteiger partial charge < -0.3 is 9.64 Å². The van der Waals surface area contributed by atoms with Gasteiger partial charge in [0.25, 0.3) is 0 Å². The topological polar surface area (TPSA) is 84.7 Å². The average molecular weight is 344 g/mol. The molecule has 1 aliphatic rings. The molecular weight excluding hydrogens is 320 g/mol. The van der Waals surface area contributed by atoms with Crippen LogP contribution in [0.2, 0.25) is 0 Å². The summed E-state index contributed by atoms with van der Waals surface area (Å²) in [5, 5.41) is 4.27. The highest BCUT2D eigenvalue weighted by Gasteiger charge is 2.32. The third-order valence-electron chi connectivity index (χ3n) is 3.78. The first-order valence-electron chi connectivity index (χ1n) is 7.75. The summed E-state index contributed by atoms with van der Waals surface area (Å²) in [5.41, 5.74) is 0.492. The molecule has 1 aromatic heterocycles. The Bertz CT molecular complexity index is 660. The van der Waals surface area contributed by atoms with Gasteiger partial charge in [-0.05, 0) is 27.7 Å². The van der Waals surface area contributed by atoms with E-state index < -0.39 is 16.1 Å². The van der Waals surface area contributed by atoms with Crippen molar-refractivity contribution in [2.75, 3.05) is 32.8 Å². The van der Waals surface area contributed by atoms with E-state index in [0.29, 0.717) is 25.4 Å². The Labute approximate surface area is 137 Å². The Balaban J connectivity index is 2.12. The molecule has 0 atom stereocenters. The standard InChI is InChI=1S/C14H24N4O4S/c1-5-22-14(19)16-6-8-17(9-7-16)23(20,21)13-10-18(11(2)3)15-12(13)4/h10-11H,5-9H2,1-4H3. The molecule has 2 heterocycles. The van der Waals surface area contributed by atoms with Gasteiger partial charge in [-0.3, -0.25) is 4.68 Å². The van der Waals surface area contributed by atoms with Gasteiger partial charge in [-0.2, -0.15) is 9.40 Å². The monoisotopic (exact) mass is 344 g/mol. The van der Waals surface area contributed by atoms with Crippen LogP contribution in [0.5, 0.6) is 0 Å². The molecular formula is C14H24N4O4S. The molecule has 9 heteroatoms. The first-order chi connectivity index (χ1) is 10.8. The summed E-state index contributed by atoms with van der Waals surface area (Å²) >= 11 is 0. The highest BCUT2D eigenvalue weighted by molar-refractivity contribution is 7.89. The summed E-state index contributed by atoms with van der Waals surface area (Å²) in [6.45, 7) is 8.81. The first kappa shape index (κ1) is 17.7. The van der Waals surface area contributed by atoms with Crippen LogP contribution in [0.15, 0.2) is 11.1 Å². The van der Waals surface area contributed by atoms with Crippen LogP contribution >= 0.6 is 0 Å². The molecule has 2 rings (SSSR count). The van der Waals surface area contributed by atoms with Crippen LogP contribution in [-0.4, -0.2) is 66.3 Å². The molecule has 0 N–H and O–H groups in total. The van der Waals surface area contributed by atoms with Crippen molar-refractivity contribution in [3.8, 4) is 0 Å². The molecule has 1 fully saturated rings. The average Bonchev–Trinajstić information content (AvgIpc) is 2.90. The van der Waals surface area contributed by atoms with Crippen molar-refractivity contribution in [2.24, 2.45) is 0 Å². The number of aromatic nitrogens is 2. The van der Waals surface area contributed by atoms with Gasteiger partial charge in [0.2, 0.25) is 10.0 Å². The summed E-state index contributed by atoms with van der Waals surface area (Å²) < 4.78 is 33.6. The number of sulfonamides is 1. The Kier molecular flexibility index (Phi) is 5.30. The number of carbonyl (C=O) groups excluding carboxylic acids is 1. The fourth-order valence-corrected chi connectivity index (χ4v) is 4.03. The van der Waals surface area contributed by atoms with Crippen molar-refractivity contribution in [1.82, 2.24) is 19.0 Å². The number of hydrogen-bond donors (Lipinski definition) is 0. The van der Waals surface area contributed by atoms with Gasteiger partial charge in [-0.25, -0.2) is 13.2 Å². The Morgan fingerprint density at radius 2 is 1.91 bits per heavy atom. The maximum atomic E-state index is 12.8. The number of amides is 1. The zero-order valence-corrected chi connectivity index (χ0v) is 14.8. The summed E-state index contributed by atoms with van der Waals surface area (Å²) in [6.07, 6.45) is 1.18. The third kappa shape index (κ3) is 3.66. The van der Waals surface area contributed by atoms with Crippen molar-refractivity contribution in [3.63, 3.8) is 0 Å². The molecule has 0 unspecified atom stereocenters. The second-order valence-electron chi connectivity index (χ2n) is 5.74. The minimum Gasteiger partial charge on any atom is -0.450 e. The fraction of sp³-hybridized carbons (Fsp3) is 0.714. The van der Waals surface area contributed by atoms with Crippen LogP contribution in [0.25, 0.3) is 0 Å². The lowest BCUT2D eigenvalue weighted by Gasteiger charge is -2.33. The van der Waals surface area contributed by atoms with Crippen molar-refractivity contribution in [1.29, 1.82) is 0 Å². The minimum absolute atomic E-state index is 0.0957. The molecule has 0 spiro atoms. The predicted molar refractivity (Wildman–Crippen MR) is 84.7 cm³/mol. The van der Waals surface area contributed by atoms with Crippen LogP contribution in [0.4, 0.5) is 4.79 Å². The van der Waals surface area contributed by atoms with Gasteiger partial charge in [0.1, 0.15) is 4.90 Å². The summed E-state index contributed by atoms with van der Waals surface area (Å²) in [7, 11) is -3.60. The van der Waals surface area contributed by atoms with Crippen molar-refractivity contribution < 1.29 is 17.9 Å². The number of piperazine rings is 1. The van der Waals surface area contributed by atoms with E-state index >= 15 is 0 Å². The lowest BCUT2D eigenvalue weighted by molar-refractivity contribution is 0.0934. The molecule has 0 aromatic carbocycles. The van der Waals surface area contributed by atoms with Crippen LogP contribution in [-0.2, 0) is 14.8 Å². The summed E-state index contributed by atoms with van der Waals surface area (Å²) in [6, 6.07) is 0.0957. The van der Waals surface area contributed by atoms with Gasteiger partial charge >= 0.3 is 6.09 Å². The number of nitrogens with zero attached hydrogens (tertiary/aromatic N) is 4. The van der Waals surface area contributed by atoms with Gasteiger partial charge in [0, 0.05) is 38.4 Å². The second kappa shape index (κ2) is 6.88. The Morgan fingerprint density at radius 3 is 2.39 bits per heavy atom. The third-order valence-corrected chi connectivity index (χ3v) is 5.78. The molecule has 1 saturated heterocycles.